The van der Waals surface area contributed by atoms with Crippen LogP contribution in [0.5, 0.6) is 5.75 Å². The van der Waals surface area contributed by atoms with Gasteiger partial charge in [0, 0.05) is 5.56 Å². The predicted octanol–water partition coefficient (Wildman–Crippen LogP) is 3.12. The molecule has 0 fully saturated rings. The van der Waals surface area contributed by atoms with Crippen molar-refractivity contribution in [3.05, 3.63) is 55.1 Å². The highest BCUT2D eigenvalue weighted by atomic mass is 16.5. The predicted molar refractivity (Wildman–Crippen MR) is 62.1 cm³/mol. The van der Waals surface area contributed by atoms with Crippen LogP contribution in [0.15, 0.2) is 49.6 Å². The highest BCUT2D eigenvalue weighted by molar-refractivity contribution is 5.36. The third-order valence-corrected chi connectivity index (χ3v) is 2.05. The molecule has 0 N–H and O–H groups in total. The van der Waals surface area contributed by atoms with Crippen molar-refractivity contribution in [3.63, 3.8) is 0 Å². The Bertz CT molecular complexity index is 331. The molecule has 2 nitrogen and oxygen atoms in total. The first-order chi connectivity index (χ1) is 7.33. The normalized spacial score (nSPS) is 11.8. The lowest BCUT2D eigenvalue weighted by Gasteiger charge is -2.16. The number of hydrogen-bond donors (Lipinski definition) is 0. The fraction of sp³-hybridized carbons (Fsp3) is 0.231. The van der Waals surface area contributed by atoms with Crippen LogP contribution in [0.1, 0.15) is 11.7 Å². The average Bonchev–Trinajstić information content (AvgIpc) is 2.30. The summed E-state index contributed by atoms with van der Waals surface area (Å²) in [7, 11) is 1.65. The fourth-order valence-corrected chi connectivity index (χ4v) is 1.36. The van der Waals surface area contributed by atoms with Gasteiger partial charge in [-0.05, 0) is 6.07 Å². The molecule has 1 aromatic carbocycles. The van der Waals surface area contributed by atoms with Crippen LogP contribution in [-0.4, -0.2) is 13.7 Å². The van der Waals surface area contributed by atoms with Gasteiger partial charge in [-0.15, -0.1) is 13.2 Å². The SMILES string of the molecule is C=CCOC(C=C)c1ccccc1OC. The topological polar surface area (TPSA) is 18.5 Å². The van der Waals surface area contributed by atoms with E-state index in [1.165, 1.54) is 0 Å². The van der Waals surface area contributed by atoms with E-state index in [2.05, 4.69) is 13.2 Å². The average molecular weight is 204 g/mol. The first-order valence-corrected chi connectivity index (χ1v) is 4.81. The van der Waals surface area contributed by atoms with Crippen molar-refractivity contribution in [1.29, 1.82) is 0 Å². The Hall–Kier alpha value is -1.54. The molecule has 1 atom stereocenters. The minimum atomic E-state index is -0.154. The largest absolute Gasteiger partial charge is 0.496 e. The molecule has 15 heavy (non-hydrogen) atoms. The fourth-order valence-electron chi connectivity index (χ4n) is 1.36. The first kappa shape index (κ1) is 11.5. The lowest BCUT2D eigenvalue weighted by molar-refractivity contribution is 0.108. The summed E-state index contributed by atoms with van der Waals surface area (Å²) in [6, 6.07) is 7.75. The van der Waals surface area contributed by atoms with E-state index in [1.807, 2.05) is 24.3 Å². The van der Waals surface area contributed by atoms with E-state index in [4.69, 9.17) is 9.47 Å². The third-order valence-electron chi connectivity index (χ3n) is 2.05. The van der Waals surface area contributed by atoms with E-state index >= 15 is 0 Å². The maximum absolute atomic E-state index is 5.55. The number of para-hydroxylation sites is 1. The second kappa shape index (κ2) is 6.04. The molecule has 0 amide bonds. The quantitative estimate of drug-likeness (QED) is 0.663. The summed E-state index contributed by atoms with van der Waals surface area (Å²) >= 11 is 0. The third kappa shape index (κ3) is 2.96. The summed E-state index contributed by atoms with van der Waals surface area (Å²) in [6.07, 6.45) is 3.31. The van der Waals surface area contributed by atoms with Crippen LogP contribution in [0.25, 0.3) is 0 Å². The maximum Gasteiger partial charge on any atom is 0.124 e. The van der Waals surface area contributed by atoms with Crippen molar-refractivity contribution in [2.45, 2.75) is 6.10 Å². The zero-order valence-corrected chi connectivity index (χ0v) is 8.98. The van der Waals surface area contributed by atoms with Crippen LogP contribution in [-0.2, 0) is 4.74 Å². The van der Waals surface area contributed by atoms with Crippen molar-refractivity contribution in [1.82, 2.24) is 0 Å². The molecule has 80 valence electrons. The molecule has 2 heteroatoms. The molecule has 1 rings (SSSR count). The van der Waals surface area contributed by atoms with Crippen LogP contribution in [0.4, 0.5) is 0 Å². The molecule has 0 aliphatic heterocycles. The molecular weight excluding hydrogens is 188 g/mol. The number of benzene rings is 1. The molecule has 1 aromatic rings. The van der Waals surface area contributed by atoms with Crippen molar-refractivity contribution in [3.8, 4) is 5.75 Å². The van der Waals surface area contributed by atoms with Crippen molar-refractivity contribution in [2.75, 3.05) is 13.7 Å². The maximum atomic E-state index is 5.55. The highest BCUT2D eigenvalue weighted by Gasteiger charge is 2.11. The van der Waals surface area contributed by atoms with Gasteiger partial charge in [0.1, 0.15) is 11.9 Å². The minimum absolute atomic E-state index is 0.154. The van der Waals surface area contributed by atoms with Gasteiger partial charge in [0.25, 0.3) is 0 Å². The smallest absolute Gasteiger partial charge is 0.124 e. The Kier molecular flexibility index (Phi) is 4.64. The van der Waals surface area contributed by atoms with E-state index in [9.17, 15) is 0 Å². The van der Waals surface area contributed by atoms with Gasteiger partial charge in [0.05, 0.1) is 13.7 Å². The number of methoxy groups -OCH3 is 1. The molecule has 0 bridgehead atoms. The molecule has 0 aromatic heterocycles. The molecule has 0 radical (unpaired) electrons. The van der Waals surface area contributed by atoms with Crippen molar-refractivity contribution >= 4 is 0 Å². The molecule has 0 saturated heterocycles. The minimum Gasteiger partial charge on any atom is -0.496 e. The monoisotopic (exact) mass is 204 g/mol. The molecule has 0 spiro atoms. The van der Waals surface area contributed by atoms with E-state index in [-0.39, 0.29) is 6.10 Å². The van der Waals surface area contributed by atoms with Gasteiger partial charge in [-0.3, -0.25) is 0 Å². The van der Waals surface area contributed by atoms with Crippen molar-refractivity contribution < 1.29 is 9.47 Å². The lowest BCUT2D eigenvalue weighted by Crippen LogP contribution is -2.03. The Morgan fingerprint density at radius 1 is 1.33 bits per heavy atom. The van der Waals surface area contributed by atoms with E-state index in [1.54, 1.807) is 19.3 Å². The number of ether oxygens (including phenoxy) is 2. The highest BCUT2D eigenvalue weighted by Crippen LogP contribution is 2.27. The Morgan fingerprint density at radius 2 is 2.07 bits per heavy atom. The summed E-state index contributed by atoms with van der Waals surface area (Å²) in [6.45, 7) is 7.86. The molecule has 0 heterocycles. The zero-order chi connectivity index (χ0) is 11.1. The Balaban J connectivity index is 2.89. The summed E-state index contributed by atoms with van der Waals surface area (Å²) in [5.41, 5.74) is 0.983. The summed E-state index contributed by atoms with van der Waals surface area (Å²) in [4.78, 5) is 0. The van der Waals surface area contributed by atoms with Gasteiger partial charge in [0.2, 0.25) is 0 Å². The van der Waals surface area contributed by atoms with Crippen LogP contribution in [0, 0.1) is 0 Å². The molecule has 1 unspecified atom stereocenters. The summed E-state index contributed by atoms with van der Waals surface area (Å²) in [5, 5.41) is 0. The number of hydrogen-bond acceptors (Lipinski definition) is 2. The van der Waals surface area contributed by atoms with E-state index < -0.39 is 0 Å². The second-order valence-electron chi connectivity index (χ2n) is 3.02. The number of rotatable bonds is 6. The summed E-state index contributed by atoms with van der Waals surface area (Å²) in [5.74, 6) is 0.812. The van der Waals surface area contributed by atoms with Crippen LogP contribution < -0.4 is 4.74 Å². The van der Waals surface area contributed by atoms with Crippen molar-refractivity contribution in [2.24, 2.45) is 0 Å². The second-order valence-corrected chi connectivity index (χ2v) is 3.02. The standard InChI is InChI=1S/C13H16O2/c1-4-10-15-12(5-2)11-8-6-7-9-13(11)14-3/h4-9,12H,1-2,10H2,3H3. The Labute approximate surface area is 90.8 Å². The van der Waals surface area contributed by atoms with Crippen LogP contribution in [0.3, 0.4) is 0 Å². The molecule has 0 aliphatic rings. The van der Waals surface area contributed by atoms with E-state index in [0.717, 1.165) is 11.3 Å². The van der Waals surface area contributed by atoms with Gasteiger partial charge < -0.3 is 9.47 Å². The van der Waals surface area contributed by atoms with Gasteiger partial charge in [0.15, 0.2) is 0 Å². The van der Waals surface area contributed by atoms with Crippen LogP contribution >= 0.6 is 0 Å². The molecular formula is C13H16O2. The summed E-state index contributed by atoms with van der Waals surface area (Å²) < 4.78 is 10.8. The molecule has 0 saturated carbocycles. The van der Waals surface area contributed by atoms with Gasteiger partial charge in [-0.2, -0.15) is 0 Å². The zero-order valence-electron chi connectivity index (χ0n) is 8.98. The first-order valence-electron chi connectivity index (χ1n) is 4.81. The van der Waals surface area contributed by atoms with Gasteiger partial charge in [-0.25, -0.2) is 0 Å². The lowest BCUT2D eigenvalue weighted by atomic mass is 10.1. The van der Waals surface area contributed by atoms with Crippen LogP contribution in [0.2, 0.25) is 0 Å². The van der Waals surface area contributed by atoms with Gasteiger partial charge in [-0.1, -0.05) is 30.4 Å². The van der Waals surface area contributed by atoms with E-state index in [0.29, 0.717) is 6.61 Å². The van der Waals surface area contributed by atoms with Gasteiger partial charge >= 0.3 is 0 Å². The molecule has 0 aliphatic carbocycles. The Morgan fingerprint density at radius 3 is 2.67 bits per heavy atom.